The number of aryl methyl sites for hydroxylation is 1. The number of furan rings is 1. The van der Waals surface area contributed by atoms with Gasteiger partial charge in [0, 0.05) is 48.1 Å². The molecule has 0 amide bonds. The van der Waals surface area contributed by atoms with Crippen molar-refractivity contribution in [3.63, 3.8) is 0 Å². The number of phenols is 1. The zero-order valence-corrected chi connectivity index (χ0v) is 21.3. The third-order valence-corrected chi connectivity index (χ3v) is 7.76. The lowest BCUT2D eigenvalue weighted by Gasteiger charge is -2.24. The second kappa shape index (κ2) is 10.5. The SMILES string of the molecule is CC(C)N(CC(=O)CCc1ccc(O)c(-c2ccc(C(F)(F)F)cn2)c1)S(=O)(=O)c1cc2cnccc2o1. The number of hydrogen-bond acceptors (Lipinski definition) is 7. The third-order valence-electron chi connectivity index (χ3n) is 5.89. The summed E-state index contributed by atoms with van der Waals surface area (Å²) in [6, 6.07) is 8.91. The average Bonchev–Trinajstić information content (AvgIpc) is 3.31. The fourth-order valence-electron chi connectivity index (χ4n) is 3.85. The first-order valence-corrected chi connectivity index (χ1v) is 13.0. The maximum atomic E-state index is 13.2. The second-order valence-electron chi connectivity index (χ2n) is 8.94. The lowest BCUT2D eigenvalue weighted by molar-refractivity contribution is -0.137. The first-order chi connectivity index (χ1) is 17.9. The Hall–Kier alpha value is -3.77. The van der Waals surface area contributed by atoms with E-state index in [0.29, 0.717) is 22.7 Å². The molecule has 38 heavy (non-hydrogen) atoms. The highest BCUT2D eigenvalue weighted by molar-refractivity contribution is 7.89. The van der Waals surface area contributed by atoms with Crippen LogP contribution in [0.25, 0.3) is 22.2 Å². The smallest absolute Gasteiger partial charge is 0.417 e. The van der Waals surface area contributed by atoms with Crippen molar-refractivity contribution in [2.75, 3.05) is 6.54 Å². The maximum Gasteiger partial charge on any atom is 0.417 e. The molecule has 0 aliphatic carbocycles. The van der Waals surface area contributed by atoms with Crippen LogP contribution in [-0.2, 0) is 27.4 Å². The summed E-state index contributed by atoms with van der Waals surface area (Å²) >= 11 is 0. The minimum absolute atomic E-state index is 0.00650. The van der Waals surface area contributed by atoms with Crippen molar-refractivity contribution in [3.05, 3.63) is 72.2 Å². The molecule has 0 spiro atoms. The molecule has 4 rings (SSSR count). The molecule has 1 aromatic carbocycles. The van der Waals surface area contributed by atoms with Gasteiger partial charge in [0.15, 0.2) is 0 Å². The number of halogens is 3. The van der Waals surface area contributed by atoms with Gasteiger partial charge in [-0.25, -0.2) is 8.42 Å². The molecule has 0 saturated carbocycles. The van der Waals surface area contributed by atoms with Crippen molar-refractivity contribution >= 4 is 26.8 Å². The maximum absolute atomic E-state index is 13.2. The van der Waals surface area contributed by atoms with E-state index in [-0.39, 0.29) is 47.3 Å². The van der Waals surface area contributed by atoms with Crippen molar-refractivity contribution in [2.45, 2.75) is 44.0 Å². The number of alkyl halides is 3. The Morgan fingerprint density at radius 2 is 1.87 bits per heavy atom. The number of carbonyl (C=O) groups excluding carboxylic acids is 1. The molecule has 3 heterocycles. The predicted octanol–water partition coefficient (Wildman–Crippen LogP) is 5.22. The summed E-state index contributed by atoms with van der Waals surface area (Å²) in [5.41, 5.74) is 0.429. The van der Waals surface area contributed by atoms with Crippen LogP contribution in [0.5, 0.6) is 5.75 Å². The van der Waals surface area contributed by atoms with Crippen molar-refractivity contribution in [3.8, 4) is 17.0 Å². The van der Waals surface area contributed by atoms with E-state index in [2.05, 4.69) is 9.97 Å². The molecule has 8 nitrogen and oxygen atoms in total. The van der Waals surface area contributed by atoms with E-state index in [1.54, 1.807) is 26.0 Å². The number of ketones is 1. The van der Waals surface area contributed by atoms with E-state index in [1.165, 1.54) is 30.6 Å². The summed E-state index contributed by atoms with van der Waals surface area (Å²) in [6.45, 7) is 2.93. The van der Waals surface area contributed by atoms with Crippen molar-refractivity contribution in [2.24, 2.45) is 0 Å². The van der Waals surface area contributed by atoms with Crippen LogP contribution in [0.4, 0.5) is 13.2 Å². The molecule has 0 radical (unpaired) electrons. The molecular formula is C26H24F3N3O5S. The average molecular weight is 548 g/mol. The number of carbonyl (C=O) groups is 1. The lowest BCUT2D eigenvalue weighted by Crippen LogP contribution is -2.40. The number of hydrogen-bond donors (Lipinski definition) is 1. The van der Waals surface area contributed by atoms with Gasteiger partial charge in [-0.05, 0) is 56.2 Å². The van der Waals surface area contributed by atoms with Crippen LogP contribution in [-0.4, -0.2) is 46.2 Å². The van der Waals surface area contributed by atoms with Gasteiger partial charge in [0.1, 0.15) is 17.1 Å². The summed E-state index contributed by atoms with van der Waals surface area (Å²) in [6.07, 6.45) is -0.676. The third kappa shape index (κ3) is 5.86. The fraction of sp³-hybridized carbons (Fsp3) is 0.269. The Morgan fingerprint density at radius 1 is 1.11 bits per heavy atom. The van der Waals surface area contributed by atoms with Gasteiger partial charge in [-0.3, -0.25) is 14.8 Å². The molecule has 0 unspecified atom stereocenters. The number of fused-ring (bicyclic) bond motifs is 1. The summed E-state index contributed by atoms with van der Waals surface area (Å²) in [5, 5.41) is 10.4. The second-order valence-corrected chi connectivity index (χ2v) is 10.8. The molecule has 0 aliphatic rings. The van der Waals surface area contributed by atoms with Gasteiger partial charge in [-0.1, -0.05) is 6.07 Å². The summed E-state index contributed by atoms with van der Waals surface area (Å²) in [5.74, 6) is -0.521. The highest BCUT2D eigenvalue weighted by atomic mass is 32.2. The number of rotatable bonds is 9. The van der Waals surface area contributed by atoms with Crippen molar-refractivity contribution < 1.29 is 35.9 Å². The normalized spacial score (nSPS) is 12.5. The highest BCUT2D eigenvalue weighted by Crippen LogP contribution is 2.33. The molecule has 200 valence electrons. The van der Waals surface area contributed by atoms with Crippen LogP contribution in [0.15, 0.2) is 70.6 Å². The topological polar surface area (TPSA) is 114 Å². The zero-order valence-electron chi connectivity index (χ0n) is 20.4. The molecule has 3 aromatic heterocycles. The monoisotopic (exact) mass is 547 g/mol. The van der Waals surface area contributed by atoms with E-state index in [9.17, 15) is 31.5 Å². The minimum Gasteiger partial charge on any atom is -0.507 e. The van der Waals surface area contributed by atoms with Gasteiger partial charge in [0.2, 0.25) is 5.09 Å². The number of phenolic OH excluding ortho intramolecular Hbond substituents is 1. The highest BCUT2D eigenvalue weighted by Gasteiger charge is 2.32. The van der Waals surface area contributed by atoms with Gasteiger partial charge in [0.05, 0.1) is 17.8 Å². The van der Waals surface area contributed by atoms with Gasteiger partial charge < -0.3 is 9.52 Å². The van der Waals surface area contributed by atoms with Crippen LogP contribution in [0, 0.1) is 0 Å². The number of pyridine rings is 2. The Labute approximate surface area is 216 Å². The van der Waals surface area contributed by atoms with Crippen molar-refractivity contribution in [1.82, 2.24) is 14.3 Å². The molecule has 0 fully saturated rings. The predicted molar refractivity (Wildman–Crippen MR) is 133 cm³/mol. The Balaban J connectivity index is 1.47. The first-order valence-electron chi connectivity index (χ1n) is 11.6. The molecule has 0 atom stereocenters. The van der Waals surface area contributed by atoms with Gasteiger partial charge in [0.25, 0.3) is 10.0 Å². The van der Waals surface area contributed by atoms with Gasteiger partial charge in [-0.2, -0.15) is 17.5 Å². The molecule has 0 bridgehead atoms. The Morgan fingerprint density at radius 3 is 2.50 bits per heavy atom. The van der Waals surface area contributed by atoms with E-state index >= 15 is 0 Å². The van der Waals surface area contributed by atoms with E-state index < -0.39 is 27.8 Å². The number of Topliss-reactive ketones (excluding diaryl/α,β-unsaturated/α-hetero) is 1. The summed E-state index contributed by atoms with van der Waals surface area (Å²) < 4.78 is 71.5. The number of aromatic nitrogens is 2. The van der Waals surface area contributed by atoms with E-state index in [4.69, 9.17) is 4.42 Å². The summed E-state index contributed by atoms with van der Waals surface area (Å²) in [7, 11) is -4.11. The largest absolute Gasteiger partial charge is 0.507 e. The zero-order chi connectivity index (χ0) is 27.7. The van der Waals surface area contributed by atoms with Crippen LogP contribution in [0.1, 0.15) is 31.4 Å². The van der Waals surface area contributed by atoms with E-state index in [0.717, 1.165) is 16.4 Å². The molecule has 4 aromatic rings. The van der Waals surface area contributed by atoms with Crippen LogP contribution < -0.4 is 0 Å². The first kappa shape index (κ1) is 27.3. The van der Waals surface area contributed by atoms with Crippen LogP contribution in [0.2, 0.25) is 0 Å². The van der Waals surface area contributed by atoms with Crippen molar-refractivity contribution in [1.29, 1.82) is 0 Å². The lowest BCUT2D eigenvalue weighted by atomic mass is 10.0. The van der Waals surface area contributed by atoms with E-state index in [1.807, 2.05) is 0 Å². The molecule has 0 saturated heterocycles. The summed E-state index contributed by atoms with van der Waals surface area (Å²) in [4.78, 5) is 20.6. The minimum atomic E-state index is -4.53. The molecule has 0 aliphatic heterocycles. The number of nitrogens with zero attached hydrogens (tertiary/aromatic N) is 3. The Kier molecular flexibility index (Phi) is 7.56. The number of benzene rings is 1. The number of sulfonamides is 1. The number of aromatic hydroxyl groups is 1. The quantitative estimate of drug-likeness (QED) is 0.306. The van der Waals surface area contributed by atoms with Crippen LogP contribution in [0.3, 0.4) is 0 Å². The molecule has 12 heteroatoms. The Bertz CT molecular complexity index is 1530. The van der Waals surface area contributed by atoms with Gasteiger partial charge in [-0.15, -0.1) is 0 Å². The molecule has 1 N–H and O–H groups in total. The van der Waals surface area contributed by atoms with Crippen LogP contribution >= 0.6 is 0 Å². The standard InChI is InChI=1S/C26H24F3N3O5S/c1-16(2)32(38(35,36)25-12-18-13-30-10-9-24(18)37-25)15-20(33)6-3-17-4-8-23(34)21(11-17)22-7-5-19(14-31-22)26(27,28)29/h4-5,7-14,16,34H,3,6,15H2,1-2H3. The fourth-order valence-corrected chi connectivity index (χ4v) is 5.42. The van der Waals surface area contributed by atoms with Gasteiger partial charge >= 0.3 is 6.18 Å². The molecular weight excluding hydrogens is 523 g/mol.